The summed E-state index contributed by atoms with van der Waals surface area (Å²) in [5.41, 5.74) is 4.95. The van der Waals surface area contributed by atoms with E-state index in [2.05, 4.69) is 61.3 Å². The Morgan fingerprint density at radius 2 is 1.12 bits per heavy atom. The molecule has 1 aliphatic rings. The van der Waals surface area contributed by atoms with Crippen molar-refractivity contribution in [1.82, 2.24) is 15.0 Å². The molecule has 1 heterocycles. The van der Waals surface area contributed by atoms with Crippen LogP contribution in [-0.2, 0) is 0 Å². The summed E-state index contributed by atoms with van der Waals surface area (Å²) in [4.78, 5) is 27.6. The van der Waals surface area contributed by atoms with Gasteiger partial charge in [-0.1, -0.05) is 0 Å². The Labute approximate surface area is 280 Å². The predicted molar refractivity (Wildman–Crippen MR) is 194 cm³/mol. The van der Waals surface area contributed by atoms with Gasteiger partial charge in [-0.05, 0) is 0 Å². The first-order valence-corrected chi connectivity index (χ1v) is 19.1. The molecule has 0 spiro atoms. The van der Waals surface area contributed by atoms with E-state index in [1.54, 1.807) is 24.3 Å². The van der Waals surface area contributed by atoms with Gasteiger partial charge in [0, 0.05) is 0 Å². The molecule has 1 saturated carbocycles. The number of rotatable bonds is 7. The van der Waals surface area contributed by atoms with Crippen LogP contribution >= 0.6 is 6.83 Å². The first-order valence-electron chi connectivity index (χ1n) is 16.4. The molecule has 7 rings (SSSR count). The van der Waals surface area contributed by atoms with Gasteiger partial charge < -0.3 is 0 Å². The molecule has 7 heteroatoms. The summed E-state index contributed by atoms with van der Waals surface area (Å²) >= 11 is 0. The average molecular weight is 651 g/mol. The normalized spacial score (nSPS) is 14.5. The van der Waals surface area contributed by atoms with Gasteiger partial charge in [0.1, 0.15) is 5.82 Å². The fourth-order valence-electron chi connectivity index (χ4n) is 7.02. The summed E-state index contributed by atoms with van der Waals surface area (Å²) in [6, 6.07) is 42.2. The molecule has 1 aromatic heterocycles. The van der Waals surface area contributed by atoms with E-state index in [1.807, 2.05) is 42.5 Å². The van der Waals surface area contributed by atoms with Crippen molar-refractivity contribution in [2.45, 2.75) is 37.8 Å². The van der Waals surface area contributed by atoms with Gasteiger partial charge in [0.15, 0.2) is 0 Å². The van der Waals surface area contributed by atoms with Crippen LogP contribution in [0.1, 0.15) is 37.7 Å². The summed E-state index contributed by atoms with van der Waals surface area (Å²) in [7, 11) is 0. The summed E-state index contributed by atoms with van der Waals surface area (Å²) in [5, 5.41) is 11.3. The number of hydrogen-bond donors (Lipinski definition) is 1. The van der Waals surface area contributed by atoms with Gasteiger partial charge in [0.2, 0.25) is 0 Å². The second kappa shape index (κ2) is 12.8. The number of benzene rings is 5. The Hall–Kier alpha value is -5.08. The van der Waals surface area contributed by atoms with Crippen LogP contribution in [0.2, 0.25) is 0 Å². The molecule has 0 bridgehead atoms. The van der Waals surface area contributed by atoms with E-state index in [0.717, 1.165) is 58.5 Å². The molecule has 1 aliphatic carbocycles. The van der Waals surface area contributed by atoms with Gasteiger partial charge in [-0.3, -0.25) is 0 Å². The maximum atomic E-state index is 13.8. The van der Waals surface area contributed by atoms with Gasteiger partial charge in [-0.2, -0.15) is 5.26 Å². The summed E-state index contributed by atoms with van der Waals surface area (Å²) in [6.07, 6.45) is 5.55. The Morgan fingerprint density at radius 3 is 1.75 bits per heavy atom. The Morgan fingerprint density at radius 1 is 0.604 bits per heavy atom. The zero-order valence-corrected chi connectivity index (χ0v) is 27.7. The fourth-order valence-corrected chi connectivity index (χ4v) is 11.6. The Balaban J connectivity index is 1.33. The summed E-state index contributed by atoms with van der Waals surface area (Å²) in [5.74, 6) is 1.01. The quantitative estimate of drug-likeness (QED) is 0.175. The van der Waals surface area contributed by atoms with Gasteiger partial charge in [-0.25, -0.2) is 4.39 Å². The molecule has 0 amide bonds. The van der Waals surface area contributed by atoms with Gasteiger partial charge in [-0.15, -0.1) is 0 Å². The minimum atomic E-state index is -3.54. The third-order valence-corrected chi connectivity index (χ3v) is 15.3. The fraction of sp³-hybridized carbons (Fsp3) is 0.171. The number of nitriles is 1. The molecular weight excluding hydrogens is 614 g/mol. The van der Waals surface area contributed by atoms with E-state index < -0.39 is 6.83 Å². The van der Waals surface area contributed by atoms with Crippen LogP contribution in [0.5, 0.6) is 0 Å². The van der Waals surface area contributed by atoms with E-state index in [9.17, 15) is 14.5 Å². The van der Waals surface area contributed by atoms with Crippen molar-refractivity contribution in [2.75, 3.05) is 6.66 Å². The van der Waals surface area contributed by atoms with Crippen LogP contribution in [0, 0.1) is 17.1 Å². The standard InChI is InChI=1S/C41H36FN4OP/c1-48(47,36-13-4-2-5-14-36,37-15-6-3-7-16-37)38-17-9-11-33(27-38)32-10-8-12-34(26-32)41-45-39(30-20-18-29(28-43)19-21-30)44-40(46-41)31-22-24-35(42)25-23-31/h2,4-5,8-14,17-27,37,47H,3,6-7,15-16H2,1H3. The van der Waals surface area contributed by atoms with Crippen molar-refractivity contribution >= 4 is 17.4 Å². The molecule has 6 aromatic rings. The van der Waals surface area contributed by atoms with E-state index >= 15 is 0 Å². The molecule has 48 heavy (non-hydrogen) atoms. The van der Waals surface area contributed by atoms with E-state index in [-0.39, 0.29) is 11.5 Å². The van der Waals surface area contributed by atoms with Gasteiger partial charge >= 0.3 is 254 Å². The van der Waals surface area contributed by atoms with Crippen LogP contribution in [0.25, 0.3) is 45.3 Å². The van der Waals surface area contributed by atoms with E-state index in [1.165, 1.54) is 18.6 Å². The van der Waals surface area contributed by atoms with Crippen molar-refractivity contribution in [3.8, 4) is 51.4 Å². The van der Waals surface area contributed by atoms with Crippen molar-refractivity contribution in [3.63, 3.8) is 0 Å². The van der Waals surface area contributed by atoms with Crippen molar-refractivity contribution < 1.29 is 9.28 Å². The predicted octanol–water partition coefficient (Wildman–Crippen LogP) is 8.92. The van der Waals surface area contributed by atoms with Crippen LogP contribution in [0.15, 0.2) is 127 Å². The topological polar surface area (TPSA) is 82.7 Å². The molecule has 5 aromatic carbocycles. The van der Waals surface area contributed by atoms with Gasteiger partial charge in [0.05, 0.1) is 11.6 Å². The summed E-state index contributed by atoms with van der Waals surface area (Å²) in [6.45, 7) is -1.40. The second-order valence-electron chi connectivity index (χ2n) is 12.9. The summed E-state index contributed by atoms with van der Waals surface area (Å²) < 4.78 is 13.8. The number of nitrogens with zero attached hydrogens (tertiary/aromatic N) is 4. The van der Waals surface area contributed by atoms with Gasteiger partial charge in [0.25, 0.3) is 0 Å². The zero-order chi connectivity index (χ0) is 33.2. The Kier molecular flexibility index (Phi) is 8.43. The third kappa shape index (κ3) is 5.92. The monoisotopic (exact) mass is 650 g/mol. The van der Waals surface area contributed by atoms with Crippen LogP contribution in [0.4, 0.5) is 4.39 Å². The average Bonchev–Trinajstić information content (AvgIpc) is 3.16. The van der Waals surface area contributed by atoms with E-state index in [4.69, 9.17) is 15.0 Å². The molecule has 238 valence electrons. The van der Waals surface area contributed by atoms with Crippen molar-refractivity contribution in [2.24, 2.45) is 0 Å². The molecule has 0 unspecified atom stereocenters. The number of hydrogen-bond acceptors (Lipinski definition) is 5. The molecule has 0 radical (unpaired) electrons. The zero-order valence-electron chi connectivity index (χ0n) is 26.8. The molecule has 1 N–H and O–H groups in total. The SMILES string of the molecule is CP(O)(c1ccccc1)(c1cccc(-c2cccc(-c3nc(-c4ccc(F)cc4)nc(-c4ccc(C#N)cc4)n3)c2)c1)C1CCCCC1. The molecule has 0 aliphatic heterocycles. The molecule has 1 fully saturated rings. The minimum absolute atomic E-state index is 0.212. The van der Waals surface area contributed by atoms with E-state index in [0.29, 0.717) is 28.6 Å². The van der Waals surface area contributed by atoms with Crippen LogP contribution in [0.3, 0.4) is 0 Å². The van der Waals surface area contributed by atoms with Crippen LogP contribution < -0.4 is 10.6 Å². The first kappa shape index (κ1) is 31.5. The third-order valence-electron chi connectivity index (χ3n) is 9.84. The Bertz CT molecular complexity index is 2120. The molecular formula is C41H36FN4OP. The van der Waals surface area contributed by atoms with Crippen LogP contribution in [-0.4, -0.2) is 32.2 Å². The maximum absolute atomic E-state index is 13.8. The van der Waals surface area contributed by atoms with Crippen molar-refractivity contribution in [1.29, 1.82) is 5.26 Å². The number of halogens is 1. The second-order valence-corrected chi connectivity index (χ2v) is 17.8. The number of aromatic nitrogens is 3. The molecule has 0 atom stereocenters. The first-order chi connectivity index (χ1) is 23.3. The van der Waals surface area contributed by atoms with Crippen molar-refractivity contribution in [3.05, 3.63) is 139 Å². The molecule has 0 saturated heterocycles. The molecule has 5 nitrogen and oxygen atoms in total.